The van der Waals surface area contributed by atoms with E-state index in [-0.39, 0.29) is 12.6 Å². The van der Waals surface area contributed by atoms with Crippen LogP contribution in [0.15, 0.2) is 12.4 Å². The zero-order valence-electron chi connectivity index (χ0n) is 10.5. The molecule has 0 aliphatic carbocycles. The normalized spacial score (nSPS) is 27.8. The monoisotopic (exact) mass is 290 g/mol. The van der Waals surface area contributed by atoms with Crippen LogP contribution < -0.4 is 10.0 Å². The maximum atomic E-state index is 11.0. The van der Waals surface area contributed by atoms with E-state index in [9.17, 15) is 13.5 Å². The van der Waals surface area contributed by atoms with Crippen molar-refractivity contribution < 1.29 is 18.3 Å². The van der Waals surface area contributed by atoms with Crippen molar-refractivity contribution in [2.24, 2.45) is 0 Å². The van der Waals surface area contributed by atoms with Crippen LogP contribution in [0, 0.1) is 0 Å². The molecule has 8 nitrogen and oxygen atoms in total. The Kier molecular flexibility index (Phi) is 4.53. The summed E-state index contributed by atoms with van der Waals surface area (Å²) in [6.07, 6.45) is 3.14. The van der Waals surface area contributed by atoms with E-state index in [1.807, 2.05) is 0 Å². The molecular formula is C10H18N4O4S. The number of rotatable bonds is 6. The molecular weight excluding hydrogens is 272 g/mol. The number of imidazole rings is 1. The number of aromatic amines is 1. The fourth-order valence-electron chi connectivity index (χ4n) is 1.90. The fourth-order valence-corrected chi connectivity index (χ4v) is 2.37. The molecule has 0 spiro atoms. The van der Waals surface area contributed by atoms with E-state index in [1.165, 1.54) is 0 Å². The molecule has 1 aliphatic heterocycles. The zero-order chi connectivity index (χ0) is 13.9. The molecule has 108 valence electrons. The second-order valence-electron chi connectivity index (χ2n) is 4.51. The molecule has 9 heteroatoms. The van der Waals surface area contributed by atoms with Crippen LogP contribution in [0.25, 0.3) is 0 Å². The van der Waals surface area contributed by atoms with Crippen LogP contribution in [0.3, 0.4) is 0 Å². The summed E-state index contributed by atoms with van der Waals surface area (Å²) in [5, 5.41) is 13.1. The number of nitrogens with one attached hydrogen (secondary N) is 3. The summed E-state index contributed by atoms with van der Waals surface area (Å²) in [5.74, 6) is 0.768. The third-order valence-corrected chi connectivity index (χ3v) is 3.61. The maximum Gasteiger partial charge on any atom is 0.208 e. The number of hydrogen-bond acceptors (Lipinski definition) is 6. The van der Waals surface area contributed by atoms with E-state index in [0.717, 1.165) is 12.1 Å². The van der Waals surface area contributed by atoms with E-state index < -0.39 is 22.2 Å². The van der Waals surface area contributed by atoms with Crippen molar-refractivity contribution in [3.63, 3.8) is 0 Å². The molecule has 0 radical (unpaired) electrons. The van der Waals surface area contributed by atoms with Crippen LogP contribution in [-0.2, 0) is 21.3 Å². The van der Waals surface area contributed by atoms with Crippen LogP contribution in [0.2, 0.25) is 0 Å². The summed E-state index contributed by atoms with van der Waals surface area (Å²) in [5.41, 5.74) is 0. The van der Waals surface area contributed by atoms with Gasteiger partial charge in [0.15, 0.2) is 0 Å². The second kappa shape index (κ2) is 5.97. The number of aliphatic hydroxyl groups is 1. The van der Waals surface area contributed by atoms with Crippen molar-refractivity contribution in [3.8, 4) is 0 Å². The van der Waals surface area contributed by atoms with Gasteiger partial charge in [0.1, 0.15) is 5.82 Å². The maximum absolute atomic E-state index is 11.0. The Balaban J connectivity index is 1.79. The molecule has 0 saturated carbocycles. The van der Waals surface area contributed by atoms with Gasteiger partial charge in [0, 0.05) is 18.9 Å². The lowest BCUT2D eigenvalue weighted by atomic mass is 10.1. The van der Waals surface area contributed by atoms with Gasteiger partial charge < -0.3 is 20.1 Å². The molecule has 0 bridgehead atoms. The van der Waals surface area contributed by atoms with Gasteiger partial charge in [0.2, 0.25) is 10.0 Å². The number of ether oxygens (including phenoxy) is 1. The summed E-state index contributed by atoms with van der Waals surface area (Å²) >= 11 is 0. The van der Waals surface area contributed by atoms with E-state index in [1.54, 1.807) is 12.4 Å². The van der Waals surface area contributed by atoms with E-state index in [4.69, 9.17) is 4.74 Å². The molecule has 4 N–H and O–H groups in total. The summed E-state index contributed by atoms with van der Waals surface area (Å²) < 4.78 is 29.7. The molecule has 1 aromatic heterocycles. The Hall–Kier alpha value is -1.00. The Morgan fingerprint density at radius 3 is 3.05 bits per heavy atom. The van der Waals surface area contributed by atoms with Gasteiger partial charge in [-0.1, -0.05) is 0 Å². The Morgan fingerprint density at radius 2 is 2.42 bits per heavy atom. The lowest BCUT2D eigenvalue weighted by Crippen LogP contribution is -2.44. The molecule has 1 aliphatic rings. The first kappa shape index (κ1) is 14.4. The highest BCUT2D eigenvalue weighted by atomic mass is 32.2. The van der Waals surface area contributed by atoms with Crippen molar-refractivity contribution in [1.82, 2.24) is 20.0 Å². The van der Waals surface area contributed by atoms with E-state index in [0.29, 0.717) is 13.2 Å². The van der Waals surface area contributed by atoms with Crippen molar-refractivity contribution in [2.75, 3.05) is 19.4 Å². The molecule has 3 unspecified atom stereocenters. The molecule has 1 fully saturated rings. The van der Waals surface area contributed by atoms with Gasteiger partial charge in [-0.05, 0) is 0 Å². The Bertz CT molecular complexity index is 490. The minimum absolute atomic E-state index is 0.0684. The van der Waals surface area contributed by atoms with Gasteiger partial charge in [-0.15, -0.1) is 0 Å². The van der Waals surface area contributed by atoms with Gasteiger partial charge in [-0.2, -0.15) is 0 Å². The number of sulfonamides is 1. The summed E-state index contributed by atoms with van der Waals surface area (Å²) in [7, 11) is -3.28. The summed E-state index contributed by atoms with van der Waals surface area (Å²) in [6.45, 7) is 0.890. The third kappa shape index (κ3) is 4.25. The van der Waals surface area contributed by atoms with Crippen LogP contribution >= 0.6 is 0 Å². The molecule has 19 heavy (non-hydrogen) atoms. The Morgan fingerprint density at radius 1 is 1.63 bits per heavy atom. The van der Waals surface area contributed by atoms with Crippen LogP contribution in [0.5, 0.6) is 0 Å². The quantitative estimate of drug-likeness (QED) is 0.490. The minimum atomic E-state index is -3.28. The van der Waals surface area contributed by atoms with Crippen molar-refractivity contribution in [2.45, 2.75) is 24.8 Å². The molecule has 2 rings (SSSR count). The number of H-pyrrole nitrogens is 1. The lowest BCUT2D eigenvalue weighted by Gasteiger charge is -2.18. The van der Waals surface area contributed by atoms with Crippen LogP contribution in [-0.4, -0.2) is 61.1 Å². The standard InChI is InChI=1S/C10H18N4O4S/c1-19(16,17)14-4-8-10(15)7(6-18-8)13-5-9-11-2-3-12-9/h2-3,7-8,10,13-15H,4-6H2,1H3,(H,11,12). The van der Waals surface area contributed by atoms with Crippen molar-refractivity contribution in [3.05, 3.63) is 18.2 Å². The number of aromatic nitrogens is 2. The zero-order valence-corrected chi connectivity index (χ0v) is 11.4. The molecule has 3 atom stereocenters. The van der Waals surface area contributed by atoms with Gasteiger partial charge >= 0.3 is 0 Å². The van der Waals surface area contributed by atoms with Crippen molar-refractivity contribution in [1.29, 1.82) is 0 Å². The summed E-state index contributed by atoms with van der Waals surface area (Å²) in [6, 6.07) is -0.239. The molecule has 1 aromatic rings. The van der Waals surface area contributed by atoms with Gasteiger partial charge in [-0.3, -0.25) is 0 Å². The smallest absolute Gasteiger partial charge is 0.208 e. The van der Waals surface area contributed by atoms with E-state index in [2.05, 4.69) is 20.0 Å². The highest BCUT2D eigenvalue weighted by Crippen LogP contribution is 2.14. The van der Waals surface area contributed by atoms with Crippen LogP contribution in [0.1, 0.15) is 5.82 Å². The number of aliphatic hydroxyl groups excluding tert-OH is 1. The Labute approximate surface area is 111 Å². The highest BCUT2D eigenvalue weighted by molar-refractivity contribution is 7.88. The first-order valence-corrected chi connectivity index (χ1v) is 7.81. The first-order chi connectivity index (χ1) is 8.96. The van der Waals surface area contributed by atoms with Crippen molar-refractivity contribution >= 4 is 10.0 Å². The predicted molar refractivity (Wildman–Crippen MR) is 67.8 cm³/mol. The average molecular weight is 290 g/mol. The lowest BCUT2D eigenvalue weighted by molar-refractivity contribution is 0.0443. The van der Waals surface area contributed by atoms with Gasteiger partial charge in [0.25, 0.3) is 0 Å². The molecule has 1 saturated heterocycles. The van der Waals surface area contributed by atoms with Crippen LogP contribution in [0.4, 0.5) is 0 Å². The molecule has 2 heterocycles. The predicted octanol–water partition coefficient (Wildman–Crippen LogP) is -1.82. The van der Waals surface area contributed by atoms with Gasteiger partial charge in [-0.25, -0.2) is 18.1 Å². The summed E-state index contributed by atoms with van der Waals surface area (Å²) in [4.78, 5) is 7.00. The number of nitrogens with zero attached hydrogens (tertiary/aromatic N) is 1. The minimum Gasteiger partial charge on any atom is -0.389 e. The largest absolute Gasteiger partial charge is 0.389 e. The molecule has 0 aromatic carbocycles. The first-order valence-electron chi connectivity index (χ1n) is 5.91. The third-order valence-electron chi connectivity index (χ3n) is 2.92. The average Bonchev–Trinajstić information content (AvgIpc) is 2.93. The second-order valence-corrected chi connectivity index (χ2v) is 6.34. The number of hydrogen-bond donors (Lipinski definition) is 4. The van der Waals surface area contributed by atoms with E-state index >= 15 is 0 Å². The molecule has 0 amide bonds. The highest BCUT2D eigenvalue weighted by Gasteiger charge is 2.35. The topological polar surface area (TPSA) is 116 Å². The van der Waals surface area contributed by atoms with Gasteiger partial charge in [0.05, 0.1) is 37.7 Å². The SMILES string of the molecule is CS(=O)(=O)NCC1OCC(NCc2ncc[nH]2)C1O. The fraction of sp³-hybridized carbons (Fsp3) is 0.700.